The highest BCUT2D eigenvalue weighted by molar-refractivity contribution is 14.1. The molecule has 3 nitrogen and oxygen atoms in total. The molecule has 0 aliphatic heterocycles. The molecule has 1 aromatic carbocycles. The van der Waals surface area contributed by atoms with Gasteiger partial charge in [-0.1, -0.05) is 15.9 Å². The maximum atomic E-state index is 10.6. The average Bonchev–Trinajstić information content (AvgIpc) is 2.08. The zero-order valence-corrected chi connectivity index (χ0v) is 10.2. The maximum absolute atomic E-state index is 10.6. The van der Waals surface area contributed by atoms with Crippen LogP contribution in [0.4, 0.5) is 0 Å². The van der Waals surface area contributed by atoms with Crippen LogP contribution in [0.1, 0.15) is 11.6 Å². The van der Waals surface area contributed by atoms with Gasteiger partial charge in [0.05, 0.1) is 0 Å². The summed E-state index contributed by atoms with van der Waals surface area (Å²) in [5.41, 5.74) is 6.07. The number of benzene rings is 1. The van der Waals surface area contributed by atoms with Crippen LogP contribution in [-0.4, -0.2) is 11.1 Å². The van der Waals surface area contributed by atoms with E-state index >= 15 is 0 Å². The molecule has 1 rings (SSSR count). The summed E-state index contributed by atoms with van der Waals surface area (Å²) in [4.78, 5) is 10.6. The Morgan fingerprint density at radius 2 is 2.23 bits per heavy atom. The van der Waals surface area contributed by atoms with E-state index in [0.717, 1.165) is 8.04 Å². The van der Waals surface area contributed by atoms with Gasteiger partial charge in [-0.3, -0.25) is 4.79 Å². The molecule has 1 aromatic rings. The highest BCUT2D eigenvalue weighted by Crippen LogP contribution is 2.24. The fourth-order valence-electron chi connectivity index (χ4n) is 0.886. The normalized spacial score (nSPS) is 12.5. The van der Waals surface area contributed by atoms with E-state index in [1.807, 2.05) is 6.07 Å². The van der Waals surface area contributed by atoms with Crippen molar-refractivity contribution in [3.8, 4) is 0 Å². The molecule has 5 heteroatoms. The predicted molar refractivity (Wildman–Crippen MR) is 61.4 cm³/mol. The molecule has 70 valence electrons. The lowest BCUT2D eigenvalue weighted by molar-refractivity contribution is -0.138. The number of carboxylic acids is 1. The van der Waals surface area contributed by atoms with Gasteiger partial charge in [0.15, 0.2) is 0 Å². The fourth-order valence-corrected chi connectivity index (χ4v) is 1.89. The quantitative estimate of drug-likeness (QED) is 0.799. The fraction of sp³-hybridized carbons (Fsp3) is 0.125. The molecule has 0 spiro atoms. The topological polar surface area (TPSA) is 63.3 Å². The number of nitrogens with two attached hydrogens (primary N) is 1. The van der Waals surface area contributed by atoms with Gasteiger partial charge >= 0.3 is 5.97 Å². The molecule has 0 fully saturated rings. The number of carbonyl (C=O) groups is 1. The van der Waals surface area contributed by atoms with E-state index in [2.05, 4.69) is 38.5 Å². The summed E-state index contributed by atoms with van der Waals surface area (Å²) in [6.07, 6.45) is 0. The molecule has 1 atom stereocenters. The lowest BCUT2D eigenvalue weighted by atomic mass is 10.1. The number of halogens is 2. The van der Waals surface area contributed by atoms with Gasteiger partial charge in [-0.2, -0.15) is 0 Å². The van der Waals surface area contributed by atoms with Crippen molar-refractivity contribution in [3.05, 3.63) is 31.8 Å². The van der Waals surface area contributed by atoms with Crippen molar-refractivity contribution < 1.29 is 9.90 Å². The lowest BCUT2D eigenvalue weighted by Crippen LogP contribution is -2.21. The smallest absolute Gasteiger partial charge is 0.325 e. The van der Waals surface area contributed by atoms with Gasteiger partial charge in [-0.25, -0.2) is 0 Å². The van der Waals surface area contributed by atoms with Crippen LogP contribution in [0.3, 0.4) is 0 Å². The van der Waals surface area contributed by atoms with Crippen LogP contribution >= 0.6 is 38.5 Å². The minimum absolute atomic E-state index is 0.597. The Bertz CT molecular complexity index is 343. The molecular weight excluding hydrogens is 349 g/mol. The minimum Gasteiger partial charge on any atom is -0.480 e. The summed E-state index contributed by atoms with van der Waals surface area (Å²) in [5, 5.41) is 8.70. The van der Waals surface area contributed by atoms with Crippen LogP contribution in [0.5, 0.6) is 0 Å². The van der Waals surface area contributed by atoms with Crippen molar-refractivity contribution >= 4 is 44.5 Å². The molecule has 0 aliphatic carbocycles. The number of hydrogen-bond acceptors (Lipinski definition) is 2. The largest absolute Gasteiger partial charge is 0.480 e. The first kappa shape index (κ1) is 10.9. The third-order valence-corrected chi connectivity index (χ3v) is 2.95. The van der Waals surface area contributed by atoms with Gasteiger partial charge in [-0.15, -0.1) is 0 Å². The molecule has 0 aromatic heterocycles. The van der Waals surface area contributed by atoms with Gasteiger partial charge < -0.3 is 10.8 Å². The molecule has 0 amide bonds. The molecule has 0 heterocycles. The van der Waals surface area contributed by atoms with Crippen molar-refractivity contribution in [3.63, 3.8) is 0 Å². The molecule has 0 saturated heterocycles. The predicted octanol–water partition coefficient (Wildman–Crippen LogP) is 2.14. The highest BCUT2D eigenvalue weighted by atomic mass is 127. The molecule has 0 unspecified atom stereocenters. The maximum Gasteiger partial charge on any atom is 0.325 e. The van der Waals surface area contributed by atoms with E-state index in [0.29, 0.717) is 5.56 Å². The van der Waals surface area contributed by atoms with Gasteiger partial charge in [0.2, 0.25) is 0 Å². The molecule has 0 bridgehead atoms. The third-order valence-electron chi connectivity index (χ3n) is 1.56. The van der Waals surface area contributed by atoms with Crippen LogP contribution in [0.15, 0.2) is 22.7 Å². The first-order chi connectivity index (χ1) is 6.02. The number of rotatable bonds is 2. The summed E-state index contributed by atoms with van der Waals surface area (Å²) in [5.74, 6) is -1.03. The summed E-state index contributed by atoms with van der Waals surface area (Å²) < 4.78 is 1.69. The third kappa shape index (κ3) is 2.65. The SMILES string of the molecule is N[C@@H](C(=O)O)c1cc(I)ccc1Br. The van der Waals surface area contributed by atoms with E-state index in [1.165, 1.54) is 0 Å². The zero-order valence-electron chi connectivity index (χ0n) is 6.50. The first-order valence-corrected chi connectivity index (χ1v) is 5.33. The zero-order chi connectivity index (χ0) is 10.0. The van der Waals surface area contributed by atoms with E-state index in [1.54, 1.807) is 12.1 Å². The van der Waals surface area contributed by atoms with Crippen LogP contribution in [0.2, 0.25) is 0 Å². The van der Waals surface area contributed by atoms with Gasteiger partial charge in [0.25, 0.3) is 0 Å². The number of aliphatic carboxylic acids is 1. The average molecular weight is 356 g/mol. The molecule has 3 N–H and O–H groups in total. The van der Waals surface area contributed by atoms with Crippen molar-refractivity contribution in [2.45, 2.75) is 6.04 Å². The Balaban J connectivity index is 3.12. The Morgan fingerprint density at radius 3 is 2.77 bits per heavy atom. The standard InChI is InChI=1S/C8H7BrINO2/c9-6-2-1-4(10)3-5(6)7(11)8(12)13/h1-3,7H,11H2,(H,12,13)/t7-/m1/s1. The van der Waals surface area contributed by atoms with Crippen LogP contribution in [0, 0.1) is 3.57 Å². The van der Waals surface area contributed by atoms with Crippen molar-refractivity contribution in [2.75, 3.05) is 0 Å². The van der Waals surface area contributed by atoms with Crippen LogP contribution < -0.4 is 5.73 Å². The summed E-state index contributed by atoms with van der Waals surface area (Å²) in [6.45, 7) is 0. The Labute approximate surface area is 97.6 Å². The Morgan fingerprint density at radius 1 is 1.62 bits per heavy atom. The minimum atomic E-state index is -1.03. The van der Waals surface area contributed by atoms with Gasteiger partial charge in [0.1, 0.15) is 6.04 Å². The van der Waals surface area contributed by atoms with E-state index in [-0.39, 0.29) is 0 Å². The van der Waals surface area contributed by atoms with E-state index in [9.17, 15) is 4.79 Å². The van der Waals surface area contributed by atoms with Crippen molar-refractivity contribution in [1.29, 1.82) is 0 Å². The van der Waals surface area contributed by atoms with Gasteiger partial charge in [-0.05, 0) is 46.4 Å². The van der Waals surface area contributed by atoms with Gasteiger partial charge in [0, 0.05) is 8.04 Å². The van der Waals surface area contributed by atoms with E-state index in [4.69, 9.17) is 10.8 Å². The monoisotopic (exact) mass is 355 g/mol. The second kappa shape index (κ2) is 4.39. The molecule has 0 aliphatic rings. The molecular formula is C8H7BrINO2. The summed E-state index contributed by atoms with van der Waals surface area (Å²) in [6, 6.07) is 4.45. The molecule has 0 radical (unpaired) electrons. The van der Waals surface area contributed by atoms with Crippen LogP contribution in [-0.2, 0) is 4.79 Å². The second-order valence-electron chi connectivity index (χ2n) is 2.48. The Hall–Kier alpha value is -0.140. The van der Waals surface area contributed by atoms with Crippen LogP contribution in [0.25, 0.3) is 0 Å². The summed E-state index contributed by atoms with van der Waals surface area (Å²) in [7, 11) is 0. The van der Waals surface area contributed by atoms with E-state index < -0.39 is 12.0 Å². The van der Waals surface area contributed by atoms with Crippen molar-refractivity contribution in [1.82, 2.24) is 0 Å². The first-order valence-electron chi connectivity index (χ1n) is 3.45. The van der Waals surface area contributed by atoms with Crippen molar-refractivity contribution in [2.24, 2.45) is 5.73 Å². The highest BCUT2D eigenvalue weighted by Gasteiger charge is 2.16. The Kier molecular flexibility index (Phi) is 3.69. The molecule has 13 heavy (non-hydrogen) atoms. The second-order valence-corrected chi connectivity index (χ2v) is 4.58. The number of carboxylic acid groups (broad SMARTS) is 1. The summed E-state index contributed by atoms with van der Waals surface area (Å²) >= 11 is 5.36. The lowest BCUT2D eigenvalue weighted by Gasteiger charge is -2.09. The molecule has 0 saturated carbocycles. The number of hydrogen-bond donors (Lipinski definition) is 2.